The predicted octanol–water partition coefficient (Wildman–Crippen LogP) is 2.00. The molecule has 20 heavy (non-hydrogen) atoms. The van der Waals surface area contributed by atoms with Gasteiger partial charge in [0.25, 0.3) is 5.91 Å². The summed E-state index contributed by atoms with van der Waals surface area (Å²) in [5.74, 6) is 6.55. The van der Waals surface area contributed by atoms with E-state index in [1.807, 2.05) is 40.9 Å². The molecule has 2 rings (SSSR count). The summed E-state index contributed by atoms with van der Waals surface area (Å²) < 4.78 is 0. The monoisotopic (exact) mass is 289 g/mol. The number of hydrogen-bond donors (Lipinski definition) is 1. The summed E-state index contributed by atoms with van der Waals surface area (Å²) in [6.45, 7) is 3.68. The van der Waals surface area contributed by atoms with Crippen LogP contribution in [-0.2, 0) is 0 Å². The van der Waals surface area contributed by atoms with Gasteiger partial charge in [0.05, 0.1) is 0 Å². The standard InChI is InChI=1S/C16H19NO2S/c1-2-15-12-17(9-11-20-15)16(19)14-7-5-13(6-8-14)4-3-10-18/h5-8,15,18H,2,9-12H2,1H3. The first-order valence-corrected chi connectivity index (χ1v) is 7.90. The molecule has 1 fully saturated rings. The molecular weight excluding hydrogens is 270 g/mol. The summed E-state index contributed by atoms with van der Waals surface area (Å²) in [7, 11) is 0. The lowest BCUT2D eigenvalue weighted by Gasteiger charge is -2.32. The normalized spacial score (nSPS) is 18.3. The van der Waals surface area contributed by atoms with E-state index in [9.17, 15) is 4.79 Å². The van der Waals surface area contributed by atoms with Gasteiger partial charge in [-0.3, -0.25) is 4.79 Å². The van der Waals surface area contributed by atoms with Crippen LogP contribution in [0.5, 0.6) is 0 Å². The van der Waals surface area contributed by atoms with Crippen LogP contribution in [0.2, 0.25) is 0 Å². The first-order chi connectivity index (χ1) is 9.74. The van der Waals surface area contributed by atoms with Crippen molar-refractivity contribution in [1.29, 1.82) is 0 Å². The molecule has 1 aromatic carbocycles. The Morgan fingerprint density at radius 2 is 2.20 bits per heavy atom. The third-order valence-corrected chi connectivity index (χ3v) is 4.70. The molecule has 4 heteroatoms. The lowest BCUT2D eigenvalue weighted by atomic mass is 10.1. The molecular formula is C16H19NO2S. The van der Waals surface area contributed by atoms with E-state index >= 15 is 0 Å². The number of aliphatic hydroxyl groups excluding tert-OH is 1. The molecule has 1 aliphatic heterocycles. The molecule has 1 saturated heterocycles. The molecule has 1 aromatic rings. The van der Waals surface area contributed by atoms with Gasteiger partial charge in [-0.15, -0.1) is 0 Å². The number of nitrogens with zero attached hydrogens (tertiary/aromatic N) is 1. The van der Waals surface area contributed by atoms with Crippen LogP contribution in [0.25, 0.3) is 0 Å². The van der Waals surface area contributed by atoms with E-state index in [0.717, 1.165) is 30.8 Å². The second-order valence-electron chi connectivity index (χ2n) is 4.69. The average Bonchev–Trinajstić information content (AvgIpc) is 2.52. The van der Waals surface area contributed by atoms with Gasteiger partial charge in [0.15, 0.2) is 0 Å². The fourth-order valence-corrected chi connectivity index (χ4v) is 3.35. The highest BCUT2D eigenvalue weighted by molar-refractivity contribution is 8.00. The Bertz CT molecular complexity index is 516. The fourth-order valence-electron chi connectivity index (χ4n) is 2.17. The summed E-state index contributed by atoms with van der Waals surface area (Å²) in [5, 5.41) is 9.21. The fraction of sp³-hybridized carbons (Fsp3) is 0.438. The minimum Gasteiger partial charge on any atom is -0.384 e. The van der Waals surface area contributed by atoms with Crippen LogP contribution in [0.3, 0.4) is 0 Å². The molecule has 1 heterocycles. The van der Waals surface area contributed by atoms with Gasteiger partial charge >= 0.3 is 0 Å². The van der Waals surface area contributed by atoms with Crippen molar-refractivity contribution >= 4 is 17.7 Å². The van der Waals surface area contributed by atoms with Gasteiger partial charge in [0.1, 0.15) is 6.61 Å². The van der Waals surface area contributed by atoms with Gasteiger partial charge in [-0.05, 0) is 30.7 Å². The number of carbonyl (C=O) groups is 1. The molecule has 0 aliphatic carbocycles. The van der Waals surface area contributed by atoms with Gasteiger partial charge in [-0.25, -0.2) is 0 Å². The van der Waals surface area contributed by atoms with E-state index in [1.165, 1.54) is 0 Å². The number of thioether (sulfide) groups is 1. The lowest BCUT2D eigenvalue weighted by Crippen LogP contribution is -2.41. The molecule has 3 nitrogen and oxygen atoms in total. The van der Waals surface area contributed by atoms with Gasteiger partial charge in [0, 0.05) is 35.2 Å². The minimum absolute atomic E-state index is 0.102. The van der Waals surface area contributed by atoms with Crippen molar-refractivity contribution in [2.75, 3.05) is 25.4 Å². The highest BCUT2D eigenvalue weighted by Crippen LogP contribution is 2.22. The van der Waals surface area contributed by atoms with Crippen molar-refractivity contribution in [1.82, 2.24) is 4.90 Å². The Balaban J connectivity index is 2.05. The van der Waals surface area contributed by atoms with Crippen LogP contribution >= 0.6 is 11.8 Å². The number of rotatable bonds is 2. The zero-order valence-electron chi connectivity index (χ0n) is 11.6. The summed E-state index contributed by atoms with van der Waals surface area (Å²) in [6, 6.07) is 7.27. The molecule has 1 amide bonds. The number of aliphatic hydroxyl groups is 1. The average molecular weight is 289 g/mol. The first-order valence-electron chi connectivity index (χ1n) is 6.85. The van der Waals surface area contributed by atoms with Gasteiger partial charge in [-0.1, -0.05) is 18.8 Å². The lowest BCUT2D eigenvalue weighted by molar-refractivity contribution is 0.0761. The zero-order chi connectivity index (χ0) is 14.4. The van der Waals surface area contributed by atoms with Crippen molar-refractivity contribution in [3.63, 3.8) is 0 Å². The van der Waals surface area contributed by atoms with E-state index in [1.54, 1.807) is 0 Å². The third kappa shape index (κ3) is 3.78. The largest absolute Gasteiger partial charge is 0.384 e. The zero-order valence-corrected chi connectivity index (χ0v) is 12.4. The van der Waals surface area contributed by atoms with Crippen LogP contribution in [0.4, 0.5) is 0 Å². The van der Waals surface area contributed by atoms with Crippen molar-refractivity contribution in [3.8, 4) is 11.8 Å². The van der Waals surface area contributed by atoms with Crippen LogP contribution in [0, 0.1) is 11.8 Å². The Kier molecular flexibility index (Phi) is 5.51. The minimum atomic E-state index is -0.148. The van der Waals surface area contributed by atoms with Crippen molar-refractivity contribution < 1.29 is 9.90 Å². The van der Waals surface area contributed by atoms with Gasteiger partial charge < -0.3 is 10.0 Å². The first kappa shape index (κ1) is 15.0. The third-order valence-electron chi connectivity index (χ3n) is 3.32. The van der Waals surface area contributed by atoms with Gasteiger partial charge in [-0.2, -0.15) is 11.8 Å². The smallest absolute Gasteiger partial charge is 0.253 e. The molecule has 0 bridgehead atoms. The van der Waals surface area contributed by atoms with E-state index in [0.29, 0.717) is 10.8 Å². The highest BCUT2D eigenvalue weighted by atomic mass is 32.2. The van der Waals surface area contributed by atoms with E-state index in [-0.39, 0.29) is 12.5 Å². The Labute approximate surface area is 124 Å². The number of carbonyl (C=O) groups excluding carboxylic acids is 1. The quantitative estimate of drug-likeness (QED) is 0.847. The summed E-state index contributed by atoms with van der Waals surface area (Å²) >= 11 is 1.96. The summed E-state index contributed by atoms with van der Waals surface area (Å²) in [4.78, 5) is 14.4. The molecule has 0 spiro atoms. The predicted molar refractivity (Wildman–Crippen MR) is 82.8 cm³/mol. The Morgan fingerprint density at radius 1 is 1.45 bits per heavy atom. The number of amides is 1. The molecule has 0 saturated carbocycles. The molecule has 0 radical (unpaired) electrons. The topological polar surface area (TPSA) is 40.5 Å². The number of hydrogen-bond acceptors (Lipinski definition) is 3. The summed E-state index contributed by atoms with van der Waals surface area (Å²) in [6.07, 6.45) is 1.10. The summed E-state index contributed by atoms with van der Waals surface area (Å²) in [5.41, 5.74) is 1.53. The maximum Gasteiger partial charge on any atom is 0.253 e. The van der Waals surface area contributed by atoms with Crippen LogP contribution in [0.1, 0.15) is 29.3 Å². The Hall–Kier alpha value is -1.44. The van der Waals surface area contributed by atoms with Crippen molar-refractivity contribution in [2.24, 2.45) is 0 Å². The van der Waals surface area contributed by atoms with E-state index < -0.39 is 0 Å². The van der Waals surface area contributed by atoms with Crippen molar-refractivity contribution in [3.05, 3.63) is 35.4 Å². The van der Waals surface area contributed by atoms with E-state index in [2.05, 4.69) is 18.8 Å². The van der Waals surface area contributed by atoms with Crippen LogP contribution in [-0.4, -0.2) is 46.6 Å². The molecule has 1 unspecified atom stereocenters. The van der Waals surface area contributed by atoms with E-state index in [4.69, 9.17) is 5.11 Å². The second-order valence-corrected chi connectivity index (χ2v) is 6.10. The van der Waals surface area contributed by atoms with Gasteiger partial charge in [0.2, 0.25) is 0 Å². The molecule has 1 atom stereocenters. The van der Waals surface area contributed by atoms with Crippen LogP contribution < -0.4 is 0 Å². The SMILES string of the molecule is CCC1CN(C(=O)c2ccc(C#CCO)cc2)CCS1. The second kappa shape index (κ2) is 7.37. The maximum absolute atomic E-state index is 12.4. The Morgan fingerprint density at radius 3 is 2.85 bits per heavy atom. The molecule has 1 aliphatic rings. The van der Waals surface area contributed by atoms with Crippen molar-refractivity contribution in [2.45, 2.75) is 18.6 Å². The maximum atomic E-state index is 12.4. The molecule has 106 valence electrons. The highest BCUT2D eigenvalue weighted by Gasteiger charge is 2.23. The molecule has 1 N–H and O–H groups in total. The number of benzene rings is 1. The van der Waals surface area contributed by atoms with Crippen LogP contribution in [0.15, 0.2) is 24.3 Å². The molecule has 0 aromatic heterocycles.